The molecule has 3 heterocycles. The molecular weight excluding hydrogens is 538 g/mol. The minimum Gasteiger partial charge on any atom is -0.436 e. The summed E-state index contributed by atoms with van der Waals surface area (Å²) in [5.74, 6) is 0.313. The molecule has 0 aliphatic rings. The number of hydrogen-bond donors (Lipinski definition) is 2. The first kappa shape index (κ1) is 22.9. The molecule has 5 aromatic rings. The molecule has 5 rings (SSSR count). The molecule has 8 nitrogen and oxygen atoms in total. The van der Waals surface area contributed by atoms with Gasteiger partial charge in [-0.2, -0.15) is 0 Å². The summed E-state index contributed by atoms with van der Waals surface area (Å²) in [5, 5.41) is 1.69. The van der Waals surface area contributed by atoms with Gasteiger partial charge < -0.3 is 4.42 Å². The maximum absolute atomic E-state index is 12.5. The number of sulfonamides is 2. The quantitative estimate of drug-likeness (QED) is 0.261. The van der Waals surface area contributed by atoms with Gasteiger partial charge in [-0.1, -0.05) is 17.7 Å². The van der Waals surface area contributed by atoms with Gasteiger partial charge in [-0.05, 0) is 66.0 Å². The van der Waals surface area contributed by atoms with E-state index in [1.165, 1.54) is 18.2 Å². The van der Waals surface area contributed by atoms with Crippen LogP contribution in [0.2, 0.25) is 4.34 Å². The number of nitrogens with one attached hydrogen (secondary N) is 2. The zero-order valence-electron chi connectivity index (χ0n) is 16.9. The van der Waals surface area contributed by atoms with Gasteiger partial charge in [0, 0.05) is 11.3 Å². The predicted molar refractivity (Wildman–Crippen MR) is 135 cm³/mol. The van der Waals surface area contributed by atoms with Crippen LogP contribution in [0.5, 0.6) is 0 Å². The number of thiophene rings is 2. The Kier molecular flexibility index (Phi) is 5.86. The van der Waals surface area contributed by atoms with Crippen LogP contribution in [0, 0.1) is 0 Å². The number of fused-ring (bicyclic) bond motifs is 1. The SMILES string of the molecule is O=S(=O)(Nc1ccc(-c2nc3cc(NS(=O)(=O)c4ccc(Cl)s4)ccc3o2)cc1)c1cccs1. The maximum Gasteiger partial charge on any atom is 0.271 e. The van der Waals surface area contributed by atoms with E-state index in [9.17, 15) is 16.8 Å². The zero-order chi connectivity index (χ0) is 23.9. The molecule has 0 amide bonds. The highest BCUT2D eigenvalue weighted by molar-refractivity contribution is 7.95. The monoisotopic (exact) mass is 551 g/mol. The van der Waals surface area contributed by atoms with Crippen molar-refractivity contribution >= 4 is 76.8 Å². The van der Waals surface area contributed by atoms with Crippen molar-refractivity contribution in [3.05, 3.63) is 76.4 Å². The molecule has 0 bridgehead atoms. The van der Waals surface area contributed by atoms with E-state index in [1.807, 2.05) is 0 Å². The number of halogens is 1. The van der Waals surface area contributed by atoms with E-state index in [0.29, 0.717) is 38.3 Å². The van der Waals surface area contributed by atoms with Crippen LogP contribution in [-0.2, 0) is 20.0 Å². The van der Waals surface area contributed by atoms with Gasteiger partial charge in [-0.25, -0.2) is 21.8 Å². The van der Waals surface area contributed by atoms with Gasteiger partial charge in [0.1, 0.15) is 13.9 Å². The largest absolute Gasteiger partial charge is 0.436 e. The molecule has 0 radical (unpaired) electrons. The summed E-state index contributed by atoms with van der Waals surface area (Å²) in [5.41, 5.74) is 2.29. The number of anilines is 2. The lowest BCUT2D eigenvalue weighted by atomic mass is 10.2. The van der Waals surface area contributed by atoms with Crippen LogP contribution in [-0.4, -0.2) is 21.8 Å². The average molecular weight is 552 g/mol. The van der Waals surface area contributed by atoms with Crippen molar-refractivity contribution in [2.75, 3.05) is 9.44 Å². The van der Waals surface area contributed by atoms with Gasteiger partial charge in [0.15, 0.2) is 5.58 Å². The fourth-order valence-corrected chi connectivity index (χ4v) is 7.65. The summed E-state index contributed by atoms with van der Waals surface area (Å²) in [6.45, 7) is 0. The first-order valence-corrected chi connectivity index (χ1v) is 14.6. The van der Waals surface area contributed by atoms with E-state index >= 15 is 0 Å². The molecule has 34 heavy (non-hydrogen) atoms. The molecule has 0 aliphatic heterocycles. The minimum absolute atomic E-state index is 0.105. The van der Waals surface area contributed by atoms with Crippen LogP contribution in [0.3, 0.4) is 0 Å². The molecule has 0 saturated heterocycles. The molecular formula is C21H14ClN3O5S4. The highest BCUT2D eigenvalue weighted by Crippen LogP contribution is 2.30. The third-order valence-corrected chi connectivity index (χ3v) is 10.5. The molecule has 3 aromatic heterocycles. The third kappa shape index (κ3) is 4.68. The molecule has 13 heteroatoms. The molecule has 0 aliphatic carbocycles. The molecule has 2 aromatic carbocycles. The number of aromatic nitrogens is 1. The second kappa shape index (κ2) is 8.71. The molecule has 0 unspecified atom stereocenters. The van der Waals surface area contributed by atoms with Crippen molar-refractivity contribution in [2.24, 2.45) is 0 Å². The highest BCUT2D eigenvalue weighted by Gasteiger charge is 2.18. The lowest BCUT2D eigenvalue weighted by molar-refractivity contribution is 0.601. The van der Waals surface area contributed by atoms with Gasteiger partial charge >= 0.3 is 0 Å². The van der Waals surface area contributed by atoms with Gasteiger partial charge in [0.25, 0.3) is 20.0 Å². The lowest BCUT2D eigenvalue weighted by Crippen LogP contribution is -2.11. The summed E-state index contributed by atoms with van der Waals surface area (Å²) in [6, 6.07) is 17.5. The normalized spacial score (nSPS) is 12.1. The smallest absolute Gasteiger partial charge is 0.271 e. The number of benzene rings is 2. The predicted octanol–water partition coefficient (Wildman–Crippen LogP) is 5.87. The van der Waals surface area contributed by atoms with Crippen molar-refractivity contribution in [2.45, 2.75) is 8.42 Å². The average Bonchev–Trinajstić information content (AvgIpc) is 3.54. The minimum atomic E-state index is -3.77. The first-order chi connectivity index (χ1) is 16.2. The zero-order valence-corrected chi connectivity index (χ0v) is 20.9. The summed E-state index contributed by atoms with van der Waals surface area (Å²) in [4.78, 5) is 4.44. The summed E-state index contributed by atoms with van der Waals surface area (Å²) < 4.78 is 61.3. The second-order valence-corrected chi connectivity index (χ2v) is 13.5. The van der Waals surface area contributed by atoms with Crippen molar-refractivity contribution in [3.63, 3.8) is 0 Å². The number of oxazole rings is 1. The second-order valence-electron chi connectivity index (χ2n) is 6.98. The summed E-state index contributed by atoms with van der Waals surface area (Å²) in [6.07, 6.45) is 0. The van der Waals surface area contributed by atoms with Crippen LogP contribution in [0.1, 0.15) is 0 Å². The Balaban J connectivity index is 1.36. The highest BCUT2D eigenvalue weighted by atomic mass is 35.5. The Labute approximate surface area is 208 Å². The van der Waals surface area contributed by atoms with Crippen molar-refractivity contribution in [3.8, 4) is 11.5 Å². The van der Waals surface area contributed by atoms with Gasteiger partial charge in [-0.3, -0.25) is 9.44 Å². The Morgan fingerprint density at radius 2 is 1.53 bits per heavy atom. The third-order valence-electron chi connectivity index (χ3n) is 4.60. The summed E-state index contributed by atoms with van der Waals surface area (Å²) in [7, 11) is -7.41. The molecule has 0 atom stereocenters. The number of rotatable bonds is 7. The standard InChI is InChI=1S/C21H14ClN3O5S4/c22-18-9-10-20(32-18)34(28,29)25-15-7-8-17-16(12-15)23-21(30-17)13-3-5-14(6-4-13)24-33(26,27)19-2-1-11-31-19/h1-12,24-25H. The molecule has 0 saturated carbocycles. The van der Waals surface area contributed by atoms with E-state index in [0.717, 1.165) is 22.7 Å². The fraction of sp³-hybridized carbons (Fsp3) is 0. The van der Waals surface area contributed by atoms with Gasteiger partial charge in [0.2, 0.25) is 5.89 Å². The van der Waals surface area contributed by atoms with Crippen molar-refractivity contribution in [1.82, 2.24) is 4.98 Å². The summed E-state index contributed by atoms with van der Waals surface area (Å²) >= 11 is 7.94. The van der Waals surface area contributed by atoms with E-state index in [1.54, 1.807) is 53.9 Å². The Morgan fingerprint density at radius 3 is 2.21 bits per heavy atom. The topological polar surface area (TPSA) is 118 Å². The molecule has 2 N–H and O–H groups in total. The molecule has 174 valence electrons. The molecule has 0 fully saturated rings. The van der Waals surface area contributed by atoms with Crippen LogP contribution >= 0.6 is 34.3 Å². The van der Waals surface area contributed by atoms with Crippen LogP contribution in [0.25, 0.3) is 22.6 Å². The van der Waals surface area contributed by atoms with Crippen LogP contribution < -0.4 is 9.44 Å². The number of hydrogen-bond acceptors (Lipinski definition) is 8. The molecule has 0 spiro atoms. The Morgan fingerprint density at radius 1 is 0.824 bits per heavy atom. The van der Waals surface area contributed by atoms with Crippen LogP contribution in [0.15, 0.2) is 84.9 Å². The van der Waals surface area contributed by atoms with Crippen molar-refractivity contribution in [1.29, 1.82) is 0 Å². The fourth-order valence-electron chi connectivity index (χ4n) is 3.06. The van der Waals surface area contributed by atoms with Gasteiger partial charge in [-0.15, -0.1) is 22.7 Å². The van der Waals surface area contributed by atoms with E-state index in [2.05, 4.69) is 14.4 Å². The Bertz CT molecular complexity index is 1690. The Hall–Kier alpha value is -2.90. The number of nitrogens with zero attached hydrogens (tertiary/aromatic N) is 1. The maximum atomic E-state index is 12.5. The van der Waals surface area contributed by atoms with Crippen LogP contribution in [0.4, 0.5) is 11.4 Å². The van der Waals surface area contributed by atoms with E-state index in [-0.39, 0.29) is 8.42 Å². The van der Waals surface area contributed by atoms with Gasteiger partial charge in [0.05, 0.1) is 10.0 Å². The van der Waals surface area contributed by atoms with E-state index < -0.39 is 20.0 Å². The first-order valence-electron chi connectivity index (χ1n) is 9.55. The lowest BCUT2D eigenvalue weighted by Gasteiger charge is -2.06. The van der Waals surface area contributed by atoms with E-state index in [4.69, 9.17) is 16.0 Å². The van der Waals surface area contributed by atoms with Crippen molar-refractivity contribution < 1.29 is 21.3 Å².